The standard InChI is InChI=1S/C22H24N6O5/c1-14-10-19(26-33-14)24-20(29)13-27-4-6-28(7-5-27)22(30)16-12-23-25-21(16)15-2-3-17-18(11-15)32-9-8-31-17/h2-3,10-12H,4-9,13H2,1H3,(H,23,25)(H,24,26,29). The average molecular weight is 452 g/mol. The van der Waals surface area contributed by atoms with Gasteiger partial charge in [-0.25, -0.2) is 0 Å². The van der Waals surface area contributed by atoms with Crippen LogP contribution in [0.1, 0.15) is 16.1 Å². The van der Waals surface area contributed by atoms with Crippen LogP contribution in [0.25, 0.3) is 11.3 Å². The molecule has 0 spiro atoms. The van der Waals surface area contributed by atoms with Crippen molar-refractivity contribution < 1.29 is 23.6 Å². The minimum absolute atomic E-state index is 0.101. The summed E-state index contributed by atoms with van der Waals surface area (Å²) in [6.07, 6.45) is 1.55. The Hall–Kier alpha value is -3.86. The number of hydrogen-bond donors (Lipinski definition) is 2. The quantitative estimate of drug-likeness (QED) is 0.597. The van der Waals surface area contributed by atoms with Crippen molar-refractivity contribution >= 4 is 17.6 Å². The smallest absolute Gasteiger partial charge is 0.257 e. The summed E-state index contributed by atoms with van der Waals surface area (Å²) in [5.41, 5.74) is 1.94. The number of anilines is 1. The van der Waals surface area contributed by atoms with E-state index in [1.807, 2.05) is 23.1 Å². The van der Waals surface area contributed by atoms with Crippen molar-refractivity contribution in [2.24, 2.45) is 0 Å². The maximum atomic E-state index is 13.2. The van der Waals surface area contributed by atoms with E-state index < -0.39 is 0 Å². The first-order valence-electron chi connectivity index (χ1n) is 10.7. The normalized spacial score (nSPS) is 16.0. The molecule has 11 heteroatoms. The van der Waals surface area contributed by atoms with Crippen LogP contribution in [0, 0.1) is 6.92 Å². The first-order valence-corrected chi connectivity index (χ1v) is 10.7. The maximum absolute atomic E-state index is 13.2. The van der Waals surface area contributed by atoms with E-state index in [1.165, 1.54) is 0 Å². The molecule has 2 aliphatic heterocycles. The number of aromatic nitrogens is 3. The molecule has 4 heterocycles. The van der Waals surface area contributed by atoms with Crippen LogP contribution in [0.5, 0.6) is 11.5 Å². The number of aryl methyl sites for hydroxylation is 1. The van der Waals surface area contributed by atoms with Gasteiger partial charge >= 0.3 is 0 Å². The fourth-order valence-corrected chi connectivity index (χ4v) is 3.96. The highest BCUT2D eigenvalue weighted by Gasteiger charge is 2.27. The van der Waals surface area contributed by atoms with Crippen molar-refractivity contribution in [3.8, 4) is 22.8 Å². The first kappa shape index (κ1) is 21.0. The van der Waals surface area contributed by atoms with E-state index in [-0.39, 0.29) is 18.4 Å². The highest BCUT2D eigenvalue weighted by atomic mass is 16.6. The number of piperazine rings is 1. The Labute approximate surface area is 189 Å². The van der Waals surface area contributed by atoms with Crippen LogP contribution in [0.4, 0.5) is 5.82 Å². The summed E-state index contributed by atoms with van der Waals surface area (Å²) in [4.78, 5) is 29.2. The fraction of sp³-hybridized carbons (Fsp3) is 0.364. The van der Waals surface area contributed by atoms with Gasteiger partial charge in [-0.3, -0.25) is 19.6 Å². The van der Waals surface area contributed by atoms with Gasteiger partial charge in [-0.05, 0) is 25.1 Å². The monoisotopic (exact) mass is 452 g/mol. The molecular formula is C22H24N6O5. The van der Waals surface area contributed by atoms with Gasteiger partial charge in [0.2, 0.25) is 5.91 Å². The van der Waals surface area contributed by atoms with Gasteiger partial charge in [0.05, 0.1) is 24.0 Å². The van der Waals surface area contributed by atoms with E-state index in [4.69, 9.17) is 14.0 Å². The average Bonchev–Trinajstić information content (AvgIpc) is 3.48. The number of hydrogen-bond acceptors (Lipinski definition) is 8. The number of benzene rings is 1. The number of nitrogens with zero attached hydrogens (tertiary/aromatic N) is 4. The summed E-state index contributed by atoms with van der Waals surface area (Å²) in [5, 5.41) is 13.5. The first-order chi connectivity index (χ1) is 16.1. The molecule has 2 aliphatic rings. The van der Waals surface area contributed by atoms with Crippen LogP contribution in [-0.4, -0.2) is 82.9 Å². The van der Waals surface area contributed by atoms with E-state index in [1.54, 1.807) is 24.1 Å². The number of amides is 2. The van der Waals surface area contributed by atoms with Gasteiger partial charge in [-0.2, -0.15) is 5.10 Å². The second-order valence-corrected chi connectivity index (χ2v) is 7.96. The molecule has 5 rings (SSSR count). The van der Waals surface area contributed by atoms with Crippen molar-refractivity contribution in [1.82, 2.24) is 25.2 Å². The third-order valence-electron chi connectivity index (χ3n) is 5.62. The number of aromatic amines is 1. The maximum Gasteiger partial charge on any atom is 0.257 e. The summed E-state index contributed by atoms with van der Waals surface area (Å²) in [6.45, 7) is 5.21. The van der Waals surface area contributed by atoms with E-state index in [2.05, 4.69) is 20.7 Å². The number of carbonyl (C=O) groups is 2. The van der Waals surface area contributed by atoms with Gasteiger partial charge in [0.25, 0.3) is 5.91 Å². The van der Waals surface area contributed by atoms with Crippen LogP contribution in [0.2, 0.25) is 0 Å². The predicted octanol–water partition coefficient (Wildman–Crippen LogP) is 1.54. The topological polar surface area (TPSA) is 126 Å². The van der Waals surface area contributed by atoms with Crippen LogP contribution in [0.3, 0.4) is 0 Å². The molecule has 0 unspecified atom stereocenters. The van der Waals surface area contributed by atoms with Crippen LogP contribution in [0.15, 0.2) is 35.0 Å². The Bertz CT molecular complexity index is 1160. The molecule has 1 aromatic carbocycles. The number of ether oxygens (including phenoxy) is 2. The van der Waals surface area contributed by atoms with Gasteiger partial charge < -0.3 is 24.2 Å². The summed E-state index contributed by atoms with van der Waals surface area (Å²) in [7, 11) is 0. The minimum atomic E-state index is -0.168. The number of rotatable bonds is 5. The largest absolute Gasteiger partial charge is 0.486 e. The lowest BCUT2D eigenvalue weighted by molar-refractivity contribution is -0.117. The van der Waals surface area contributed by atoms with E-state index >= 15 is 0 Å². The lowest BCUT2D eigenvalue weighted by Crippen LogP contribution is -2.50. The zero-order valence-corrected chi connectivity index (χ0v) is 18.2. The van der Waals surface area contributed by atoms with E-state index in [0.29, 0.717) is 73.7 Å². The third kappa shape index (κ3) is 4.53. The molecule has 11 nitrogen and oxygen atoms in total. The molecule has 1 saturated heterocycles. The molecule has 0 saturated carbocycles. The van der Waals surface area contributed by atoms with Gasteiger partial charge in [0.1, 0.15) is 19.0 Å². The molecule has 33 heavy (non-hydrogen) atoms. The predicted molar refractivity (Wildman–Crippen MR) is 117 cm³/mol. The lowest BCUT2D eigenvalue weighted by Gasteiger charge is -2.34. The van der Waals surface area contributed by atoms with Crippen molar-refractivity contribution in [3.63, 3.8) is 0 Å². The Balaban J connectivity index is 1.20. The van der Waals surface area contributed by atoms with Crippen molar-refractivity contribution in [1.29, 1.82) is 0 Å². The molecule has 2 N–H and O–H groups in total. The molecule has 2 aromatic heterocycles. The van der Waals surface area contributed by atoms with Crippen LogP contribution >= 0.6 is 0 Å². The second-order valence-electron chi connectivity index (χ2n) is 7.96. The van der Waals surface area contributed by atoms with Gasteiger partial charge in [-0.15, -0.1) is 0 Å². The van der Waals surface area contributed by atoms with E-state index in [9.17, 15) is 9.59 Å². The molecule has 0 atom stereocenters. The Morgan fingerprint density at radius 1 is 1.09 bits per heavy atom. The summed E-state index contributed by atoms with van der Waals surface area (Å²) in [6, 6.07) is 7.23. The molecule has 0 radical (unpaired) electrons. The second kappa shape index (κ2) is 8.94. The van der Waals surface area contributed by atoms with Gasteiger partial charge in [0.15, 0.2) is 17.3 Å². The fourth-order valence-electron chi connectivity index (χ4n) is 3.96. The molecule has 1 fully saturated rings. The minimum Gasteiger partial charge on any atom is -0.486 e. The zero-order valence-electron chi connectivity index (χ0n) is 18.2. The number of nitrogens with one attached hydrogen (secondary N) is 2. The molecule has 0 aliphatic carbocycles. The number of carbonyl (C=O) groups excluding carboxylic acids is 2. The van der Waals surface area contributed by atoms with Crippen molar-refractivity contribution in [2.45, 2.75) is 6.92 Å². The number of fused-ring (bicyclic) bond motifs is 1. The van der Waals surface area contributed by atoms with Crippen molar-refractivity contribution in [2.75, 3.05) is 51.3 Å². The van der Waals surface area contributed by atoms with Gasteiger partial charge in [0, 0.05) is 37.8 Å². The van der Waals surface area contributed by atoms with Crippen LogP contribution < -0.4 is 14.8 Å². The van der Waals surface area contributed by atoms with Crippen molar-refractivity contribution in [3.05, 3.63) is 41.8 Å². The molecule has 3 aromatic rings. The summed E-state index contributed by atoms with van der Waals surface area (Å²) < 4.78 is 16.2. The van der Waals surface area contributed by atoms with E-state index in [0.717, 1.165) is 5.56 Å². The molecule has 2 amide bonds. The van der Waals surface area contributed by atoms with Gasteiger partial charge in [-0.1, -0.05) is 5.16 Å². The third-order valence-corrected chi connectivity index (χ3v) is 5.62. The Morgan fingerprint density at radius 2 is 1.88 bits per heavy atom. The Kier molecular flexibility index (Phi) is 5.69. The Morgan fingerprint density at radius 3 is 2.64 bits per heavy atom. The summed E-state index contributed by atoms with van der Waals surface area (Å²) >= 11 is 0. The highest BCUT2D eigenvalue weighted by Crippen LogP contribution is 2.35. The van der Waals surface area contributed by atoms with Crippen LogP contribution in [-0.2, 0) is 4.79 Å². The molecule has 0 bridgehead atoms. The lowest BCUT2D eigenvalue weighted by atomic mass is 10.1. The summed E-state index contributed by atoms with van der Waals surface area (Å²) in [5.74, 6) is 2.11. The highest BCUT2D eigenvalue weighted by molar-refractivity contribution is 6.00. The molecule has 172 valence electrons. The molecular weight excluding hydrogens is 428 g/mol. The number of H-pyrrole nitrogens is 1. The zero-order chi connectivity index (χ0) is 22.8. The SMILES string of the molecule is Cc1cc(NC(=O)CN2CCN(C(=O)c3cn[nH]c3-c3ccc4c(c3)OCCO4)CC2)no1.